The standard InChI is InChI=1S/C27H50N8O11/c1-5-15(28)24(41)34-16(23(29)40)8-9-19(38)35(17(25(42)44-4)7-6-10-32-27(30)31)11-13(2)45-22-20(33-14(3)37)26(43)46-18(12-36)21(22)39/h13,15-18,20-22,26,36,39,43H,5-12,28H2,1-4H3,(H2,29,40)(H,33,37)(H,34,41)(H4,30,31,32)/t13?,15?,16-,17+,18-,20-,21-,22-,26+/m1/s1. The molecule has 46 heavy (non-hydrogen) atoms. The number of carbonyl (C=O) groups excluding carboxylic acids is 5. The van der Waals surface area contributed by atoms with Crippen molar-refractivity contribution in [3.63, 3.8) is 0 Å². The number of hydrogen-bond donors (Lipinski definition) is 9. The second kappa shape index (κ2) is 19.8. The van der Waals surface area contributed by atoms with Crippen molar-refractivity contribution in [1.82, 2.24) is 15.5 Å². The lowest BCUT2D eigenvalue weighted by molar-refractivity contribution is -0.268. The lowest BCUT2D eigenvalue weighted by atomic mass is 9.96. The number of aliphatic hydroxyl groups excluding tert-OH is 3. The summed E-state index contributed by atoms with van der Waals surface area (Å²) in [5.41, 5.74) is 22.0. The first-order valence-electron chi connectivity index (χ1n) is 14.9. The molecule has 0 saturated carbocycles. The highest BCUT2D eigenvalue weighted by Crippen LogP contribution is 2.25. The Bertz CT molecular complexity index is 1060. The molecule has 9 atom stereocenters. The van der Waals surface area contributed by atoms with Gasteiger partial charge in [-0.05, 0) is 32.6 Å². The Morgan fingerprint density at radius 2 is 1.76 bits per heavy atom. The molecule has 1 aliphatic heterocycles. The quantitative estimate of drug-likeness (QED) is 0.0271. The van der Waals surface area contributed by atoms with Gasteiger partial charge in [0, 0.05) is 26.4 Å². The van der Waals surface area contributed by atoms with Crippen LogP contribution in [0, 0.1) is 0 Å². The minimum Gasteiger partial charge on any atom is -0.467 e. The number of guanidine groups is 1. The summed E-state index contributed by atoms with van der Waals surface area (Å²) in [5, 5.41) is 35.8. The zero-order chi connectivity index (χ0) is 35.1. The van der Waals surface area contributed by atoms with Crippen LogP contribution in [0.25, 0.3) is 0 Å². The maximum atomic E-state index is 13.7. The van der Waals surface area contributed by atoms with Crippen LogP contribution in [0.5, 0.6) is 0 Å². The van der Waals surface area contributed by atoms with Crippen molar-refractivity contribution >= 4 is 35.6 Å². The lowest BCUT2D eigenvalue weighted by Crippen LogP contribution is -2.65. The van der Waals surface area contributed by atoms with Crippen LogP contribution in [0.3, 0.4) is 0 Å². The van der Waals surface area contributed by atoms with Crippen LogP contribution in [0.15, 0.2) is 4.99 Å². The number of aliphatic hydroxyl groups is 3. The predicted molar refractivity (Wildman–Crippen MR) is 162 cm³/mol. The van der Waals surface area contributed by atoms with Gasteiger partial charge in [0.25, 0.3) is 0 Å². The first-order valence-corrected chi connectivity index (χ1v) is 14.9. The molecule has 19 heteroatoms. The number of amides is 4. The fourth-order valence-electron chi connectivity index (χ4n) is 4.82. The third-order valence-corrected chi connectivity index (χ3v) is 7.27. The van der Waals surface area contributed by atoms with Gasteiger partial charge in [-0.25, -0.2) is 4.79 Å². The molecule has 0 bridgehead atoms. The van der Waals surface area contributed by atoms with E-state index in [9.17, 15) is 39.3 Å². The van der Waals surface area contributed by atoms with Gasteiger partial charge in [-0.1, -0.05) is 6.92 Å². The molecule has 0 aromatic heterocycles. The highest BCUT2D eigenvalue weighted by Gasteiger charge is 2.46. The summed E-state index contributed by atoms with van der Waals surface area (Å²) in [6, 6.07) is -4.58. The number of rotatable bonds is 19. The molecular formula is C27H50N8O11. The molecule has 0 aliphatic carbocycles. The van der Waals surface area contributed by atoms with Crippen LogP contribution < -0.4 is 33.6 Å². The Labute approximate surface area is 267 Å². The number of nitrogens with zero attached hydrogens (tertiary/aromatic N) is 2. The molecule has 0 aromatic carbocycles. The Balaban J connectivity index is 3.33. The number of methoxy groups -OCH3 is 1. The van der Waals surface area contributed by atoms with Crippen molar-refractivity contribution in [3.8, 4) is 0 Å². The highest BCUT2D eigenvalue weighted by molar-refractivity contribution is 5.90. The Hall–Kier alpha value is -3.62. The summed E-state index contributed by atoms with van der Waals surface area (Å²) in [6.07, 6.45) is -6.69. The van der Waals surface area contributed by atoms with Crippen LogP contribution in [0.4, 0.5) is 0 Å². The van der Waals surface area contributed by atoms with Crippen molar-refractivity contribution in [3.05, 3.63) is 0 Å². The van der Waals surface area contributed by atoms with E-state index in [4.69, 9.17) is 37.1 Å². The maximum absolute atomic E-state index is 13.7. The molecule has 1 heterocycles. The molecule has 4 amide bonds. The number of carbonyl (C=O) groups is 5. The third-order valence-electron chi connectivity index (χ3n) is 7.27. The van der Waals surface area contributed by atoms with Crippen molar-refractivity contribution < 1.29 is 53.5 Å². The SMILES string of the molecule is CCC(N)C(=O)N[C@H](CCC(=O)N(CC(C)O[C@H]1[C@H](O)[C@@H](CO)O[C@H](O)[C@@H]1NC(C)=O)[C@@H](CCCN=C(N)N)C(=O)OC)C(N)=O. The molecule has 13 N–H and O–H groups in total. The van der Waals surface area contributed by atoms with Crippen LogP contribution in [-0.4, -0.2) is 137 Å². The molecular weight excluding hydrogens is 612 g/mol. The van der Waals surface area contributed by atoms with E-state index in [1.54, 1.807) is 6.92 Å². The van der Waals surface area contributed by atoms with Gasteiger partial charge >= 0.3 is 5.97 Å². The monoisotopic (exact) mass is 662 g/mol. The van der Waals surface area contributed by atoms with E-state index >= 15 is 0 Å². The number of esters is 1. The summed E-state index contributed by atoms with van der Waals surface area (Å²) in [4.78, 5) is 67.9. The van der Waals surface area contributed by atoms with Crippen LogP contribution >= 0.6 is 0 Å². The molecule has 19 nitrogen and oxygen atoms in total. The van der Waals surface area contributed by atoms with Crippen LogP contribution in [-0.2, 0) is 38.2 Å². The minimum atomic E-state index is -1.65. The zero-order valence-electron chi connectivity index (χ0n) is 26.7. The molecule has 2 unspecified atom stereocenters. The van der Waals surface area contributed by atoms with E-state index in [-0.39, 0.29) is 44.7 Å². The van der Waals surface area contributed by atoms with Gasteiger partial charge < -0.3 is 68.0 Å². The summed E-state index contributed by atoms with van der Waals surface area (Å²) in [5.74, 6) is -3.69. The largest absolute Gasteiger partial charge is 0.467 e. The Kier molecular flexibility index (Phi) is 17.4. The second-order valence-corrected chi connectivity index (χ2v) is 10.9. The molecule has 1 fully saturated rings. The highest BCUT2D eigenvalue weighted by atomic mass is 16.6. The number of nitrogens with one attached hydrogen (secondary N) is 2. The van der Waals surface area contributed by atoms with Crippen LogP contribution in [0.1, 0.15) is 52.9 Å². The van der Waals surface area contributed by atoms with Gasteiger partial charge in [0.2, 0.25) is 23.6 Å². The van der Waals surface area contributed by atoms with E-state index in [2.05, 4.69) is 15.6 Å². The Morgan fingerprint density at radius 3 is 2.28 bits per heavy atom. The lowest BCUT2D eigenvalue weighted by Gasteiger charge is -2.44. The summed E-state index contributed by atoms with van der Waals surface area (Å²) >= 11 is 0. The predicted octanol–water partition coefficient (Wildman–Crippen LogP) is -4.75. The van der Waals surface area contributed by atoms with Crippen molar-refractivity contribution in [2.24, 2.45) is 27.9 Å². The first kappa shape index (κ1) is 40.4. The molecule has 1 saturated heterocycles. The van der Waals surface area contributed by atoms with Gasteiger partial charge in [-0.15, -0.1) is 0 Å². The summed E-state index contributed by atoms with van der Waals surface area (Å²) in [7, 11) is 1.14. The van der Waals surface area contributed by atoms with Gasteiger partial charge in [0.05, 0.1) is 25.9 Å². The number of aliphatic imine (C=N–C) groups is 1. The van der Waals surface area contributed by atoms with E-state index in [1.807, 2.05) is 0 Å². The minimum absolute atomic E-state index is 0.0446. The number of hydrogen-bond acceptors (Lipinski definition) is 13. The van der Waals surface area contributed by atoms with Gasteiger partial charge in [-0.2, -0.15) is 0 Å². The number of nitrogens with two attached hydrogens (primary N) is 4. The second-order valence-electron chi connectivity index (χ2n) is 10.9. The maximum Gasteiger partial charge on any atom is 0.328 e. The fourth-order valence-corrected chi connectivity index (χ4v) is 4.82. The normalized spacial score (nSPS) is 23.6. The van der Waals surface area contributed by atoms with E-state index in [0.717, 1.165) is 12.0 Å². The zero-order valence-corrected chi connectivity index (χ0v) is 26.7. The summed E-state index contributed by atoms with van der Waals surface area (Å²) in [6.45, 7) is 3.54. The van der Waals surface area contributed by atoms with Crippen LogP contribution in [0.2, 0.25) is 0 Å². The van der Waals surface area contributed by atoms with Crippen molar-refractivity contribution in [2.45, 2.75) is 108 Å². The average molecular weight is 663 g/mol. The summed E-state index contributed by atoms with van der Waals surface area (Å²) < 4.78 is 16.2. The molecule has 0 spiro atoms. The number of primary amides is 1. The van der Waals surface area contributed by atoms with E-state index < -0.39 is 91.1 Å². The van der Waals surface area contributed by atoms with Crippen molar-refractivity contribution in [1.29, 1.82) is 0 Å². The van der Waals surface area contributed by atoms with E-state index in [0.29, 0.717) is 6.42 Å². The number of ether oxygens (including phenoxy) is 3. The molecule has 1 aliphatic rings. The van der Waals surface area contributed by atoms with Crippen molar-refractivity contribution in [2.75, 3.05) is 26.8 Å². The van der Waals surface area contributed by atoms with Gasteiger partial charge in [0.15, 0.2) is 12.2 Å². The molecule has 0 radical (unpaired) electrons. The first-order chi connectivity index (χ1) is 21.6. The van der Waals surface area contributed by atoms with Gasteiger partial charge in [0.1, 0.15) is 36.4 Å². The molecule has 264 valence electrons. The Morgan fingerprint density at radius 1 is 1.11 bits per heavy atom. The fraction of sp³-hybridized carbons (Fsp3) is 0.778. The van der Waals surface area contributed by atoms with Gasteiger partial charge in [-0.3, -0.25) is 24.2 Å². The molecule has 1 rings (SSSR count). The molecule has 0 aromatic rings. The van der Waals surface area contributed by atoms with E-state index in [1.165, 1.54) is 13.8 Å². The topological polar surface area (TPSA) is 317 Å². The smallest absolute Gasteiger partial charge is 0.328 e. The third kappa shape index (κ3) is 12.6. The average Bonchev–Trinajstić information content (AvgIpc) is 2.99.